The quantitative estimate of drug-likeness (QED) is 0.880. The van der Waals surface area contributed by atoms with Crippen LogP contribution in [0, 0.1) is 0 Å². The van der Waals surface area contributed by atoms with Crippen LogP contribution in [0.15, 0.2) is 18.2 Å². The Morgan fingerprint density at radius 1 is 1.39 bits per heavy atom. The van der Waals surface area contributed by atoms with Crippen LogP contribution in [0.4, 0.5) is 0 Å². The Balaban J connectivity index is 2.04. The van der Waals surface area contributed by atoms with Gasteiger partial charge in [0.05, 0.1) is 7.11 Å². The third-order valence-corrected chi connectivity index (χ3v) is 4.46. The van der Waals surface area contributed by atoms with Gasteiger partial charge in [0.1, 0.15) is 11.5 Å². The van der Waals surface area contributed by atoms with Crippen molar-refractivity contribution in [3.8, 4) is 11.5 Å². The van der Waals surface area contributed by atoms with Crippen molar-refractivity contribution >= 4 is 11.8 Å². The van der Waals surface area contributed by atoms with Crippen molar-refractivity contribution < 1.29 is 9.84 Å². The maximum Gasteiger partial charge on any atom is 0.120 e. The molecule has 0 bridgehead atoms. The third kappa shape index (κ3) is 3.33. The minimum atomic E-state index is 0.146. The van der Waals surface area contributed by atoms with E-state index < -0.39 is 0 Å². The zero-order valence-electron chi connectivity index (χ0n) is 11.0. The van der Waals surface area contributed by atoms with E-state index in [0.717, 1.165) is 11.3 Å². The van der Waals surface area contributed by atoms with Crippen LogP contribution in [0.1, 0.15) is 31.4 Å². The van der Waals surface area contributed by atoms with Crippen molar-refractivity contribution in [1.82, 2.24) is 5.32 Å². The van der Waals surface area contributed by atoms with Crippen LogP contribution < -0.4 is 10.1 Å². The van der Waals surface area contributed by atoms with Crippen LogP contribution in [0.3, 0.4) is 0 Å². The number of aromatic hydroxyl groups is 1. The molecule has 18 heavy (non-hydrogen) atoms. The van der Waals surface area contributed by atoms with Gasteiger partial charge in [0.25, 0.3) is 0 Å². The number of rotatable bonds is 4. The minimum Gasteiger partial charge on any atom is -0.508 e. The Labute approximate surface area is 113 Å². The van der Waals surface area contributed by atoms with E-state index >= 15 is 0 Å². The van der Waals surface area contributed by atoms with Gasteiger partial charge in [0.2, 0.25) is 0 Å². The number of hydrogen-bond donors (Lipinski definition) is 2. The molecule has 3 nitrogen and oxygen atoms in total. The molecule has 0 amide bonds. The first-order valence-electron chi connectivity index (χ1n) is 6.41. The highest BCUT2D eigenvalue weighted by atomic mass is 32.2. The molecular weight excluding hydrogens is 246 g/mol. The normalized spacial score (nSPS) is 18.6. The van der Waals surface area contributed by atoms with Gasteiger partial charge in [-0.2, -0.15) is 11.8 Å². The summed E-state index contributed by atoms with van der Waals surface area (Å²) in [4.78, 5) is 0. The van der Waals surface area contributed by atoms with Gasteiger partial charge in [-0.15, -0.1) is 0 Å². The second-order valence-corrected chi connectivity index (χ2v) is 5.92. The van der Waals surface area contributed by atoms with E-state index in [4.69, 9.17) is 4.74 Å². The zero-order valence-corrected chi connectivity index (χ0v) is 11.8. The molecule has 2 N–H and O–H groups in total. The van der Waals surface area contributed by atoms with E-state index in [9.17, 15) is 5.11 Å². The van der Waals surface area contributed by atoms with Gasteiger partial charge in [0, 0.05) is 17.6 Å². The maximum atomic E-state index is 9.93. The lowest BCUT2D eigenvalue weighted by Crippen LogP contribution is -2.34. The Morgan fingerprint density at radius 2 is 2.11 bits per heavy atom. The van der Waals surface area contributed by atoms with Crippen molar-refractivity contribution in [2.45, 2.75) is 31.8 Å². The molecule has 0 spiro atoms. The molecule has 0 aliphatic carbocycles. The molecule has 1 unspecified atom stereocenters. The van der Waals surface area contributed by atoms with Gasteiger partial charge in [-0.05, 0) is 49.5 Å². The molecule has 0 saturated carbocycles. The van der Waals surface area contributed by atoms with E-state index in [1.54, 1.807) is 19.2 Å². The number of nitrogens with one attached hydrogen (secondary N) is 1. The molecule has 2 rings (SSSR count). The Kier molecular flexibility index (Phi) is 4.78. The van der Waals surface area contributed by atoms with Crippen molar-refractivity contribution in [2.75, 3.05) is 18.6 Å². The highest BCUT2D eigenvalue weighted by Crippen LogP contribution is 2.29. The van der Waals surface area contributed by atoms with Crippen LogP contribution in [-0.2, 0) is 0 Å². The average molecular weight is 267 g/mol. The predicted molar refractivity (Wildman–Crippen MR) is 76.6 cm³/mol. The predicted octanol–water partition coefficient (Wildman–Crippen LogP) is 2.95. The van der Waals surface area contributed by atoms with Crippen molar-refractivity contribution in [2.24, 2.45) is 0 Å². The van der Waals surface area contributed by atoms with Gasteiger partial charge < -0.3 is 15.2 Å². The first-order chi connectivity index (χ1) is 8.70. The molecule has 1 aliphatic rings. The first kappa shape index (κ1) is 13.6. The van der Waals surface area contributed by atoms with E-state index in [0.29, 0.717) is 11.8 Å². The number of phenols is 1. The van der Waals surface area contributed by atoms with Gasteiger partial charge in [-0.3, -0.25) is 0 Å². The SMILES string of the molecule is COc1ccc(O)c(C(C)NC2CCSCC2)c1. The molecule has 0 radical (unpaired) electrons. The lowest BCUT2D eigenvalue weighted by Gasteiger charge is -2.27. The summed E-state index contributed by atoms with van der Waals surface area (Å²) in [7, 11) is 1.65. The molecule has 1 saturated heterocycles. The molecule has 1 fully saturated rings. The van der Waals surface area contributed by atoms with Crippen LogP contribution >= 0.6 is 11.8 Å². The van der Waals surface area contributed by atoms with Crippen LogP contribution in [0.2, 0.25) is 0 Å². The summed E-state index contributed by atoms with van der Waals surface area (Å²) in [5.74, 6) is 3.58. The molecule has 1 atom stereocenters. The maximum absolute atomic E-state index is 9.93. The molecule has 1 aromatic rings. The zero-order chi connectivity index (χ0) is 13.0. The molecule has 4 heteroatoms. The highest BCUT2D eigenvalue weighted by molar-refractivity contribution is 7.99. The fourth-order valence-electron chi connectivity index (χ4n) is 2.31. The smallest absolute Gasteiger partial charge is 0.120 e. The summed E-state index contributed by atoms with van der Waals surface area (Å²) in [6, 6.07) is 6.09. The number of thioether (sulfide) groups is 1. The average Bonchev–Trinajstić information content (AvgIpc) is 2.40. The fourth-order valence-corrected chi connectivity index (χ4v) is 3.42. The second kappa shape index (κ2) is 6.34. The third-order valence-electron chi connectivity index (χ3n) is 3.41. The first-order valence-corrected chi connectivity index (χ1v) is 7.57. The van der Waals surface area contributed by atoms with Crippen LogP contribution in [0.25, 0.3) is 0 Å². The fraction of sp³-hybridized carbons (Fsp3) is 0.571. The molecule has 0 aromatic heterocycles. The summed E-state index contributed by atoms with van der Waals surface area (Å²) in [6.07, 6.45) is 2.42. The lowest BCUT2D eigenvalue weighted by molar-refractivity contribution is 0.396. The van der Waals surface area contributed by atoms with Crippen molar-refractivity contribution in [3.63, 3.8) is 0 Å². The summed E-state index contributed by atoms with van der Waals surface area (Å²) >= 11 is 2.02. The standard InChI is InChI=1S/C14H21NO2S/c1-10(15-11-5-7-18-8-6-11)13-9-12(17-2)3-4-14(13)16/h3-4,9-11,15-16H,5-8H2,1-2H3. The largest absolute Gasteiger partial charge is 0.508 e. The monoisotopic (exact) mass is 267 g/mol. The number of hydrogen-bond acceptors (Lipinski definition) is 4. The lowest BCUT2D eigenvalue weighted by atomic mass is 10.0. The number of benzene rings is 1. The summed E-state index contributed by atoms with van der Waals surface area (Å²) in [5, 5.41) is 13.5. The summed E-state index contributed by atoms with van der Waals surface area (Å²) in [5.41, 5.74) is 0.910. The molecule has 1 aliphatic heterocycles. The van der Waals surface area contributed by atoms with Gasteiger partial charge >= 0.3 is 0 Å². The van der Waals surface area contributed by atoms with Gasteiger partial charge in [-0.1, -0.05) is 0 Å². The van der Waals surface area contributed by atoms with E-state index in [1.165, 1.54) is 24.3 Å². The molecule has 1 aromatic carbocycles. The van der Waals surface area contributed by atoms with Crippen LogP contribution in [-0.4, -0.2) is 29.8 Å². The molecule has 1 heterocycles. The molecular formula is C14H21NO2S. The minimum absolute atomic E-state index is 0.146. The second-order valence-electron chi connectivity index (χ2n) is 4.70. The van der Waals surface area contributed by atoms with Crippen molar-refractivity contribution in [3.05, 3.63) is 23.8 Å². The molecule has 100 valence electrons. The van der Waals surface area contributed by atoms with Gasteiger partial charge in [-0.25, -0.2) is 0 Å². The summed E-state index contributed by atoms with van der Waals surface area (Å²) in [6.45, 7) is 2.09. The summed E-state index contributed by atoms with van der Waals surface area (Å²) < 4.78 is 5.21. The number of phenolic OH excluding ortho intramolecular Hbond substituents is 1. The highest BCUT2D eigenvalue weighted by Gasteiger charge is 2.18. The van der Waals surface area contributed by atoms with E-state index in [1.807, 2.05) is 17.8 Å². The van der Waals surface area contributed by atoms with Gasteiger partial charge in [0.15, 0.2) is 0 Å². The number of methoxy groups -OCH3 is 1. The van der Waals surface area contributed by atoms with E-state index in [2.05, 4.69) is 12.2 Å². The topological polar surface area (TPSA) is 41.5 Å². The number of ether oxygens (including phenoxy) is 1. The van der Waals surface area contributed by atoms with Crippen LogP contribution in [0.5, 0.6) is 11.5 Å². The Bertz CT molecular complexity index is 391. The Morgan fingerprint density at radius 3 is 2.78 bits per heavy atom. The van der Waals surface area contributed by atoms with E-state index in [-0.39, 0.29) is 6.04 Å². The Hall–Kier alpha value is -0.870. The van der Waals surface area contributed by atoms with Crippen molar-refractivity contribution in [1.29, 1.82) is 0 Å².